The molecule has 29 heavy (non-hydrogen) atoms. The Kier molecular flexibility index (Phi) is 5.34. The number of ether oxygens (including phenoxy) is 1. The van der Waals surface area contributed by atoms with Crippen LogP contribution >= 0.6 is 11.3 Å². The standard InChI is InChI=1S/C22H28N4O2S/c1-14-7-19(29-12-14)18-11-26(20-17(18)10-23-13-25-20)16-6-5-15(8-16)9-24-21(27)28-22(2,3)4/h7,10-13,15-16H,5-6,8-9H2,1-4H3,(H,24,27)/t15-,16+/m1/s1. The highest BCUT2D eigenvalue weighted by Crippen LogP contribution is 2.40. The molecule has 0 aliphatic heterocycles. The highest BCUT2D eigenvalue weighted by atomic mass is 32.1. The molecule has 1 N–H and O–H groups in total. The van der Waals surface area contributed by atoms with Gasteiger partial charge >= 0.3 is 6.09 Å². The molecule has 3 heterocycles. The molecule has 7 heteroatoms. The lowest BCUT2D eigenvalue weighted by Gasteiger charge is -2.20. The first-order valence-electron chi connectivity index (χ1n) is 10.1. The molecule has 154 valence electrons. The van der Waals surface area contributed by atoms with Gasteiger partial charge in [0.05, 0.1) is 0 Å². The van der Waals surface area contributed by atoms with Crippen molar-refractivity contribution in [1.29, 1.82) is 0 Å². The van der Waals surface area contributed by atoms with Gasteiger partial charge in [-0.05, 0) is 69.9 Å². The van der Waals surface area contributed by atoms with Crippen molar-refractivity contribution in [3.05, 3.63) is 35.7 Å². The molecule has 2 atom stereocenters. The predicted molar refractivity (Wildman–Crippen MR) is 116 cm³/mol. The summed E-state index contributed by atoms with van der Waals surface area (Å²) in [7, 11) is 0. The summed E-state index contributed by atoms with van der Waals surface area (Å²) in [5.41, 5.74) is 3.00. The second kappa shape index (κ2) is 7.78. The molecule has 1 aliphatic rings. The Bertz CT molecular complexity index is 1020. The first-order valence-corrected chi connectivity index (χ1v) is 11.0. The fraction of sp³-hybridized carbons (Fsp3) is 0.500. The first kappa shape index (κ1) is 19.9. The average Bonchev–Trinajstić information content (AvgIpc) is 3.36. The van der Waals surface area contributed by atoms with Gasteiger partial charge in [0.15, 0.2) is 0 Å². The number of aromatic nitrogens is 3. The van der Waals surface area contributed by atoms with Crippen LogP contribution in [-0.4, -0.2) is 32.8 Å². The molecule has 3 aromatic rings. The molecule has 0 saturated heterocycles. The van der Waals surface area contributed by atoms with Crippen molar-refractivity contribution in [2.45, 2.75) is 58.6 Å². The summed E-state index contributed by atoms with van der Waals surface area (Å²) in [5.74, 6) is 0.444. The van der Waals surface area contributed by atoms with Crippen LogP contribution < -0.4 is 5.32 Å². The number of rotatable bonds is 4. The quantitative estimate of drug-likeness (QED) is 0.628. The summed E-state index contributed by atoms with van der Waals surface area (Å²) >= 11 is 1.76. The molecular weight excluding hydrogens is 384 g/mol. The second-order valence-electron chi connectivity index (χ2n) is 8.91. The number of nitrogens with one attached hydrogen (secondary N) is 1. The minimum Gasteiger partial charge on any atom is -0.444 e. The van der Waals surface area contributed by atoms with Crippen molar-refractivity contribution in [1.82, 2.24) is 19.9 Å². The molecule has 0 bridgehead atoms. The largest absolute Gasteiger partial charge is 0.444 e. The highest BCUT2D eigenvalue weighted by Gasteiger charge is 2.29. The number of amides is 1. The van der Waals surface area contributed by atoms with Gasteiger partial charge in [0, 0.05) is 40.8 Å². The van der Waals surface area contributed by atoms with Crippen LogP contribution in [0.1, 0.15) is 51.6 Å². The Morgan fingerprint density at radius 3 is 2.93 bits per heavy atom. The number of hydrogen-bond acceptors (Lipinski definition) is 5. The topological polar surface area (TPSA) is 69.0 Å². The van der Waals surface area contributed by atoms with Gasteiger partial charge in [-0.2, -0.15) is 0 Å². The third-order valence-electron chi connectivity index (χ3n) is 5.33. The third-order valence-corrected chi connectivity index (χ3v) is 6.41. The van der Waals surface area contributed by atoms with Gasteiger partial charge in [-0.25, -0.2) is 14.8 Å². The molecule has 0 unspecified atom stereocenters. The van der Waals surface area contributed by atoms with Crippen LogP contribution in [0.15, 0.2) is 30.2 Å². The lowest BCUT2D eigenvalue weighted by molar-refractivity contribution is 0.0519. The Morgan fingerprint density at radius 1 is 1.38 bits per heavy atom. The predicted octanol–water partition coefficient (Wildman–Crippen LogP) is 5.33. The van der Waals surface area contributed by atoms with Gasteiger partial charge in [0.1, 0.15) is 17.6 Å². The molecule has 1 amide bonds. The Labute approximate surface area is 175 Å². The maximum atomic E-state index is 11.9. The molecule has 4 rings (SSSR count). The number of aryl methyl sites for hydroxylation is 1. The molecule has 3 aromatic heterocycles. The zero-order valence-corrected chi connectivity index (χ0v) is 18.3. The van der Waals surface area contributed by atoms with Crippen LogP contribution in [0.4, 0.5) is 4.79 Å². The lowest BCUT2D eigenvalue weighted by atomic mass is 10.1. The van der Waals surface area contributed by atoms with E-state index in [-0.39, 0.29) is 6.09 Å². The van der Waals surface area contributed by atoms with Crippen molar-refractivity contribution in [2.75, 3.05) is 6.54 Å². The number of hydrogen-bond donors (Lipinski definition) is 1. The Morgan fingerprint density at radius 2 is 2.21 bits per heavy atom. The van der Waals surface area contributed by atoms with Crippen LogP contribution in [0, 0.1) is 12.8 Å². The summed E-state index contributed by atoms with van der Waals surface area (Å²) in [5, 5.41) is 6.21. The van der Waals surface area contributed by atoms with E-state index in [0.717, 1.165) is 30.3 Å². The number of carbonyl (C=O) groups excluding carboxylic acids is 1. The van der Waals surface area contributed by atoms with E-state index in [1.165, 1.54) is 16.0 Å². The molecule has 0 radical (unpaired) electrons. The van der Waals surface area contributed by atoms with Gasteiger partial charge in [0.25, 0.3) is 0 Å². The number of carbonyl (C=O) groups is 1. The van der Waals surface area contributed by atoms with Crippen molar-refractivity contribution < 1.29 is 9.53 Å². The monoisotopic (exact) mass is 412 g/mol. The van der Waals surface area contributed by atoms with Crippen molar-refractivity contribution >= 4 is 28.5 Å². The highest BCUT2D eigenvalue weighted by molar-refractivity contribution is 7.13. The number of nitrogens with zero attached hydrogens (tertiary/aromatic N) is 3. The summed E-state index contributed by atoms with van der Waals surface area (Å²) < 4.78 is 7.66. The smallest absolute Gasteiger partial charge is 0.407 e. The average molecular weight is 413 g/mol. The molecule has 0 aromatic carbocycles. The maximum Gasteiger partial charge on any atom is 0.407 e. The number of alkyl carbamates (subject to hydrolysis) is 1. The van der Waals surface area contributed by atoms with Crippen molar-refractivity contribution in [2.24, 2.45) is 5.92 Å². The van der Waals surface area contributed by atoms with E-state index in [9.17, 15) is 4.79 Å². The van der Waals surface area contributed by atoms with Crippen LogP contribution in [0.2, 0.25) is 0 Å². The maximum absolute atomic E-state index is 11.9. The molecule has 6 nitrogen and oxygen atoms in total. The van der Waals surface area contributed by atoms with Crippen LogP contribution in [0.5, 0.6) is 0 Å². The van der Waals surface area contributed by atoms with Crippen LogP contribution in [0.3, 0.4) is 0 Å². The van der Waals surface area contributed by atoms with Gasteiger partial charge in [0.2, 0.25) is 0 Å². The van der Waals surface area contributed by atoms with E-state index in [2.05, 4.69) is 44.4 Å². The zero-order valence-electron chi connectivity index (χ0n) is 17.4. The summed E-state index contributed by atoms with van der Waals surface area (Å²) in [6.07, 6.45) is 8.62. The normalized spacial score (nSPS) is 19.6. The van der Waals surface area contributed by atoms with E-state index in [1.807, 2.05) is 27.0 Å². The lowest BCUT2D eigenvalue weighted by Crippen LogP contribution is -2.34. The molecule has 0 spiro atoms. The molecular formula is C22H28N4O2S. The Hall–Kier alpha value is -2.41. The van der Waals surface area contributed by atoms with Gasteiger partial charge in [-0.15, -0.1) is 11.3 Å². The van der Waals surface area contributed by atoms with Crippen molar-refractivity contribution in [3.63, 3.8) is 0 Å². The molecule has 1 saturated carbocycles. The molecule has 1 aliphatic carbocycles. The van der Waals surface area contributed by atoms with Crippen LogP contribution in [-0.2, 0) is 4.74 Å². The first-order chi connectivity index (χ1) is 13.8. The number of thiophene rings is 1. The summed E-state index contributed by atoms with van der Waals surface area (Å²) in [6, 6.07) is 2.60. The minimum absolute atomic E-state index is 0.338. The third kappa shape index (κ3) is 4.45. The second-order valence-corrected chi connectivity index (χ2v) is 9.83. The van der Waals surface area contributed by atoms with E-state index in [0.29, 0.717) is 18.5 Å². The zero-order chi connectivity index (χ0) is 20.6. The van der Waals surface area contributed by atoms with E-state index >= 15 is 0 Å². The Balaban J connectivity index is 1.49. The number of fused-ring (bicyclic) bond motifs is 1. The van der Waals surface area contributed by atoms with E-state index < -0.39 is 5.60 Å². The van der Waals surface area contributed by atoms with Gasteiger partial charge < -0.3 is 14.6 Å². The minimum atomic E-state index is -0.470. The van der Waals surface area contributed by atoms with E-state index in [4.69, 9.17) is 4.74 Å². The summed E-state index contributed by atoms with van der Waals surface area (Å²) in [4.78, 5) is 22.0. The summed E-state index contributed by atoms with van der Waals surface area (Å²) in [6.45, 7) is 8.41. The van der Waals surface area contributed by atoms with Gasteiger partial charge in [-0.1, -0.05) is 0 Å². The van der Waals surface area contributed by atoms with Crippen LogP contribution in [0.25, 0.3) is 21.5 Å². The fourth-order valence-electron chi connectivity index (χ4n) is 4.06. The molecule has 1 fully saturated rings. The SMILES string of the molecule is Cc1csc(-c2cn([C@H]3CC[C@@H](CNC(=O)OC(C)(C)C)C3)c3ncncc23)c1. The van der Waals surface area contributed by atoms with Crippen molar-refractivity contribution in [3.8, 4) is 10.4 Å². The van der Waals surface area contributed by atoms with Gasteiger partial charge in [-0.3, -0.25) is 0 Å². The fourth-order valence-corrected chi connectivity index (χ4v) is 4.99. The van der Waals surface area contributed by atoms with E-state index in [1.54, 1.807) is 17.7 Å².